The van der Waals surface area contributed by atoms with Crippen LogP contribution in [0.25, 0.3) is 11.6 Å². The number of oxazole rings is 1. The van der Waals surface area contributed by atoms with Crippen molar-refractivity contribution in [3.05, 3.63) is 64.9 Å². The van der Waals surface area contributed by atoms with Crippen LogP contribution in [0.15, 0.2) is 47.0 Å². The van der Waals surface area contributed by atoms with E-state index in [-0.39, 0.29) is 5.82 Å². The topological polar surface area (TPSA) is 42.2 Å². The molecule has 6 heteroatoms. The Hall–Kier alpha value is -2.40. The highest BCUT2D eigenvalue weighted by molar-refractivity contribution is 6.33. The zero-order valence-electron chi connectivity index (χ0n) is 12.2. The molecule has 4 nitrogen and oxygen atoms in total. The second-order valence-corrected chi connectivity index (χ2v) is 5.78. The molecule has 0 radical (unpaired) electrons. The molecular weight excluding hydrogens is 317 g/mol. The minimum atomic E-state index is -0.338. The van der Waals surface area contributed by atoms with Crippen molar-refractivity contribution in [3.63, 3.8) is 0 Å². The SMILES string of the molecule is Fc1ccc(N2CCc3oc(-c4ccccn4)nc3C2)c(Cl)c1. The van der Waals surface area contributed by atoms with E-state index in [0.29, 0.717) is 23.2 Å². The predicted octanol–water partition coefficient (Wildman–Crippen LogP) is 4.09. The predicted molar refractivity (Wildman–Crippen MR) is 85.9 cm³/mol. The van der Waals surface area contributed by atoms with Crippen LogP contribution in [-0.4, -0.2) is 16.5 Å². The number of anilines is 1. The Bertz CT molecular complexity index is 850. The Morgan fingerprint density at radius 1 is 1.22 bits per heavy atom. The van der Waals surface area contributed by atoms with Crippen LogP contribution in [0.3, 0.4) is 0 Å². The maximum absolute atomic E-state index is 13.2. The summed E-state index contributed by atoms with van der Waals surface area (Å²) in [4.78, 5) is 10.9. The summed E-state index contributed by atoms with van der Waals surface area (Å²) in [6.07, 6.45) is 2.44. The molecular formula is C17H13ClFN3O. The van der Waals surface area contributed by atoms with Crippen LogP contribution < -0.4 is 4.90 Å². The molecule has 2 aromatic heterocycles. The third-order valence-corrected chi connectivity index (χ3v) is 4.16. The lowest BCUT2D eigenvalue weighted by Crippen LogP contribution is -2.30. The second-order valence-electron chi connectivity index (χ2n) is 5.37. The van der Waals surface area contributed by atoms with Gasteiger partial charge >= 0.3 is 0 Å². The van der Waals surface area contributed by atoms with Gasteiger partial charge in [-0.1, -0.05) is 17.7 Å². The molecule has 1 aliphatic heterocycles. The lowest BCUT2D eigenvalue weighted by molar-refractivity contribution is 0.498. The number of halogens is 2. The zero-order valence-corrected chi connectivity index (χ0v) is 12.9. The first-order chi connectivity index (χ1) is 11.2. The number of benzene rings is 1. The molecule has 4 rings (SSSR count). The average Bonchev–Trinajstić information content (AvgIpc) is 2.99. The molecule has 23 heavy (non-hydrogen) atoms. The summed E-state index contributed by atoms with van der Waals surface area (Å²) >= 11 is 6.16. The highest BCUT2D eigenvalue weighted by Gasteiger charge is 2.24. The van der Waals surface area contributed by atoms with Gasteiger partial charge in [-0.25, -0.2) is 9.37 Å². The van der Waals surface area contributed by atoms with E-state index in [1.54, 1.807) is 12.3 Å². The van der Waals surface area contributed by atoms with Crippen molar-refractivity contribution in [2.24, 2.45) is 0 Å². The van der Waals surface area contributed by atoms with Crippen molar-refractivity contribution in [1.29, 1.82) is 0 Å². The normalized spacial score (nSPS) is 13.9. The molecule has 0 atom stereocenters. The summed E-state index contributed by atoms with van der Waals surface area (Å²) in [5.74, 6) is 1.07. The number of aromatic nitrogens is 2. The molecule has 0 fully saturated rings. The Balaban J connectivity index is 1.63. The first-order valence-electron chi connectivity index (χ1n) is 7.31. The molecule has 116 valence electrons. The van der Waals surface area contributed by atoms with Crippen molar-refractivity contribution in [2.75, 3.05) is 11.4 Å². The standard InChI is InChI=1S/C17H13ClFN3O/c18-12-9-11(19)4-5-15(12)22-8-6-16-14(10-22)21-17(23-16)13-3-1-2-7-20-13/h1-5,7,9H,6,8,10H2. The number of nitrogens with zero attached hydrogens (tertiary/aromatic N) is 3. The van der Waals surface area contributed by atoms with Crippen LogP contribution >= 0.6 is 11.6 Å². The Labute approximate surface area is 137 Å². The summed E-state index contributed by atoms with van der Waals surface area (Å²) in [5, 5.41) is 0.405. The van der Waals surface area contributed by atoms with E-state index in [0.717, 1.165) is 30.1 Å². The van der Waals surface area contributed by atoms with Gasteiger partial charge in [0.15, 0.2) is 0 Å². The van der Waals surface area contributed by atoms with Crippen molar-refractivity contribution < 1.29 is 8.81 Å². The Kier molecular flexibility index (Phi) is 3.50. The van der Waals surface area contributed by atoms with E-state index in [2.05, 4.69) is 14.9 Å². The summed E-state index contributed by atoms with van der Waals surface area (Å²) in [7, 11) is 0. The first-order valence-corrected chi connectivity index (χ1v) is 7.68. The third-order valence-electron chi connectivity index (χ3n) is 3.86. The quantitative estimate of drug-likeness (QED) is 0.710. The van der Waals surface area contributed by atoms with Gasteiger partial charge in [0, 0.05) is 19.2 Å². The summed E-state index contributed by atoms with van der Waals surface area (Å²) in [6.45, 7) is 1.33. The average molecular weight is 330 g/mol. The van der Waals surface area contributed by atoms with E-state index in [4.69, 9.17) is 16.0 Å². The van der Waals surface area contributed by atoms with Gasteiger partial charge in [-0.05, 0) is 30.3 Å². The van der Waals surface area contributed by atoms with Crippen LogP contribution in [0.5, 0.6) is 0 Å². The van der Waals surface area contributed by atoms with Crippen LogP contribution in [-0.2, 0) is 13.0 Å². The van der Waals surface area contributed by atoms with Crippen LogP contribution in [0.1, 0.15) is 11.5 Å². The lowest BCUT2D eigenvalue weighted by Gasteiger charge is -2.28. The molecule has 1 aromatic carbocycles. The van der Waals surface area contributed by atoms with Gasteiger partial charge in [0.2, 0.25) is 5.89 Å². The highest BCUT2D eigenvalue weighted by atomic mass is 35.5. The maximum Gasteiger partial charge on any atom is 0.245 e. The van der Waals surface area contributed by atoms with E-state index in [1.807, 2.05) is 18.2 Å². The number of hydrogen-bond acceptors (Lipinski definition) is 4. The molecule has 0 aliphatic carbocycles. The fourth-order valence-corrected chi connectivity index (χ4v) is 3.03. The van der Waals surface area contributed by atoms with E-state index in [1.165, 1.54) is 12.1 Å². The fraction of sp³-hybridized carbons (Fsp3) is 0.176. The van der Waals surface area contributed by atoms with Gasteiger partial charge in [-0.15, -0.1) is 0 Å². The van der Waals surface area contributed by atoms with Crippen LogP contribution in [0.2, 0.25) is 5.02 Å². The van der Waals surface area contributed by atoms with E-state index >= 15 is 0 Å². The monoisotopic (exact) mass is 329 g/mol. The van der Waals surface area contributed by atoms with Crippen molar-refractivity contribution in [2.45, 2.75) is 13.0 Å². The molecule has 0 unspecified atom stereocenters. The van der Waals surface area contributed by atoms with Crippen molar-refractivity contribution in [1.82, 2.24) is 9.97 Å². The van der Waals surface area contributed by atoms with Gasteiger partial charge in [0.25, 0.3) is 0 Å². The number of hydrogen-bond donors (Lipinski definition) is 0. The third kappa shape index (κ3) is 2.68. The molecule has 0 saturated heterocycles. The Morgan fingerprint density at radius 2 is 2.13 bits per heavy atom. The minimum absolute atomic E-state index is 0.338. The number of rotatable bonds is 2. The highest BCUT2D eigenvalue weighted by Crippen LogP contribution is 2.32. The zero-order chi connectivity index (χ0) is 15.8. The summed E-state index contributed by atoms with van der Waals surface area (Å²) in [5.41, 5.74) is 2.40. The van der Waals surface area contributed by atoms with E-state index < -0.39 is 0 Å². The molecule has 0 saturated carbocycles. The summed E-state index contributed by atoms with van der Waals surface area (Å²) < 4.78 is 19.0. The molecule has 3 aromatic rings. The molecule has 3 heterocycles. The lowest BCUT2D eigenvalue weighted by atomic mass is 10.1. The molecule has 1 aliphatic rings. The smallest absolute Gasteiger partial charge is 0.245 e. The van der Waals surface area contributed by atoms with Crippen molar-refractivity contribution >= 4 is 17.3 Å². The van der Waals surface area contributed by atoms with Crippen LogP contribution in [0.4, 0.5) is 10.1 Å². The maximum atomic E-state index is 13.2. The number of fused-ring (bicyclic) bond motifs is 1. The van der Waals surface area contributed by atoms with E-state index in [9.17, 15) is 4.39 Å². The molecule has 0 amide bonds. The molecule has 0 bridgehead atoms. The minimum Gasteiger partial charge on any atom is -0.439 e. The fourth-order valence-electron chi connectivity index (χ4n) is 2.74. The number of pyridine rings is 1. The van der Waals surface area contributed by atoms with Gasteiger partial charge in [0.05, 0.1) is 17.3 Å². The van der Waals surface area contributed by atoms with Crippen molar-refractivity contribution in [3.8, 4) is 11.6 Å². The molecule has 0 spiro atoms. The van der Waals surface area contributed by atoms with Gasteiger partial charge in [-0.3, -0.25) is 4.98 Å². The van der Waals surface area contributed by atoms with Crippen LogP contribution in [0, 0.1) is 5.82 Å². The van der Waals surface area contributed by atoms with Gasteiger partial charge in [0.1, 0.15) is 23.0 Å². The first kappa shape index (κ1) is 14.2. The van der Waals surface area contributed by atoms with Gasteiger partial charge in [-0.2, -0.15) is 0 Å². The van der Waals surface area contributed by atoms with Gasteiger partial charge < -0.3 is 9.32 Å². The molecule has 0 N–H and O–H groups in total. The summed E-state index contributed by atoms with van der Waals surface area (Å²) in [6, 6.07) is 10.1. The second kappa shape index (κ2) is 5.66. The largest absolute Gasteiger partial charge is 0.439 e. The Morgan fingerprint density at radius 3 is 2.91 bits per heavy atom.